The summed E-state index contributed by atoms with van der Waals surface area (Å²) in [5.41, 5.74) is 1.03. The van der Waals surface area contributed by atoms with Gasteiger partial charge in [-0.1, -0.05) is 15.9 Å². The number of rotatable bonds is 6. The first-order chi connectivity index (χ1) is 8.43. The number of carbonyl (C=O) groups is 1. The lowest BCUT2D eigenvalue weighted by molar-refractivity contribution is -0.138. The van der Waals surface area contributed by atoms with Crippen molar-refractivity contribution in [1.82, 2.24) is 4.90 Å². The van der Waals surface area contributed by atoms with Gasteiger partial charge in [-0.15, -0.1) is 0 Å². The first-order valence-corrected chi connectivity index (χ1v) is 6.47. The highest BCUT2D eigenvalue weighted by atomic mass is 79.9. The van der Waals surface area contributed by atoms with Crippen molar-refractivity contribution in [3.8, 4) is 5.75 Å². The topological polar surface area (TPSA) is 49.8 Å². The summed E-state index contributed by atoms with van der Waals surface area (Å²) in [7, 11) is 3.54. The van der Waals surface area contributed by atoms with Gasteiger partial charge < -0.3 is 9.84 Å². The molecular formula is C13H18BrNO3. The zero-order valence-corrected chi connectivity index (χ0v) is 12.4. The molecule has 0 heterocycles. The van der Waals surface area contributed by atoms with Crippen LogP contribution in [0.2, 0.25) is 0 Å². The lowest BCUT2D eigenvalue weighted by Gasteiger charge is -2.24. The zero-order chi connectivity index (χ0) is 13.7. The maximum absolute atomic E-state index is 10.7. The van der Waals surface area contributed by atoms with E-state index in [1.54, 1.807) is 7.11 Å². The lowest BCUT2D eigenvalue weighted by atomic mass is 10.1. The summed E-state index contributed by atoms with van der Waals surface area (Å²) in [6.07, 6.45) is 0.132. The van der Waals surface area contributed by atoms with Crippen LogP contribution in [0.5, 0.6) is 5.75 Å². The Morgan fingerprint density at radius 2 is 2.22 bits per heavy atom. The quantitative estimate of drug-likeness (QED) is 0.877. The molecule has 1 unspecified atom stereocenters. The highest BCUT2D eigenvalue weighted by Crippen LogP contribution is 2.24. The molecule has 1 aromatic carbocycles. The summed E-state index contributed by atoms with van der Waals surface area (Å²) in [6.45, 7) is 2.55. The number of hydrogen-bond donors (Lipinski definition) is 1. The largest absolute Gasteiger partial charge is 0.496 e. The van der Waals surface area contributed by atoms with Crippen molar-refractivity contribution in [3.63, 3.8) is 0 Å². The Morgan fingerprint density at radius 3 is 2.78 bits per heavy atom. The number of carboxylic acid groups (broad SMARTS) is 1. The number of halogens is 1. The molecule has 0 aliphatic rings. The fourth-order valence-electron chi connectivity index (χ4n) is 1.70. The molecule has 0 radical (unpaired) electrons. The van der Waals surface area contributed by atoms with Crippen LogP contribution < -0.4 is 4.74 Å². The Bertz CT molecular complexity index is 423. The number of aliphatic carboxylic acids is 1. The fraction of sp³-hybridized carbons (Fsp3) is 0.462. The fourth-order valence-corrected chi connectivity index (χ4v) is 2.11. The summed E-state index contributed by atoms with van der Waals surface area (Å²) in [5.74, 6) is 0.0307. The molecular weight excluding hydrogens is 298 g/mol. The molecule has 0 fully saturated rings. The highest BCUT2D eigenvalue weighted by Gasteiger charge is 2.15. The predicted octanol–water partition coefficient (Wildman–Crippen LogP) is 2.75. The molecule has 0 aromatic heterocycles. The number of nitrogens with zero attached hydrogens (tertiary/aromatic N) is 1. The van der Waals surface area contributed by atoms with Crippen LogP contribution in [0.1, 0.15) is 18.9 Å². The maximum Gasteiger partial charge on any atom is 0.304 e. The first-order valence-electron chi connectivity index (χ1n) is 5.68. The van der Waals surface area contributed by atoms with Gasteiger partial charge >= 0.3 is 5.97 Å². The molecule has 0 aliphatic heterocycles. The number of benzene rings is 1. The van der Waals surface area contributed by atoms with Crippen LogP contribution in [-0.2, 0) is 11.3 Å². The monoisotopic (exact) mass is 315 g/mol. The Labute approximate surface area is 116 Å². The van der Waals surface area contributed by atoms with Crippen LogP contribution in [0.25, 0.3) is 0 Å². The standard InChI is InChI=1S/C13H18BrNO3/c1-9(6-13(16)17)15(2)8-10-7-11(14)4-5-12(10)18-3/h4-5,7,9H,6,8H2,1-3H3,(H,16,17). The summed E-state index contributed by atoms with van der Waals surface area (Å²) in [5, 5.41) is 8.78. The van der Waals surface area contributed by atoms with Crippen molar-refractivity contribution >= 4 is 21.9 Å². The molecule has 1 aromatic rings. The molecule has 0 amide bonds. The van der Waals surface area contributed by atoms with Gasteiger partial charge in [-0.2, -0.15) is 0 Å². The molecule has 1 N–H and O–H groups in total. The average Bonchev–Trinajstić information content (AvgIpc) is 2.28. The van der Waals surface area contributed by atoms with Crippen molar-refractivity contribution in [2.45, 2.75) is 25.9 Å². The third-order valence-electron chi connectivity index (χ3n) is 2.88. The second kappa shape index (κ2) is 6.75. The Hall–Kier alpha value is -1.07. The molecule has 0 aliphatic carbocycles. The highest BCUT2D eigenvalue weighted by molar-refractivity contribution is 9.10. The van der Waals surface area contributed by atoms with Crippen molar-refractivity contribution in [2.24, 2.45) is 0 Å². The SMILES string of the molecule is COc1ccc(Br)cc1CN(C)C(C)CC(=O)O. The minimum absolute atomic E-state index is 0.0220. The van der Waals surface area contributed by atoms with E-state index in [1.165, 1.54) is 0 Å². The van der Waals surface area contributed by atoms with Gasteiger partial charge in [-0.25, -0.2) is 0 Å². The van der Waals surface area contributed by atoms with E-state index in [0.29, 0.717) is 6.54 Å². The molecule has 0 saturated carbocycles. The van der Waals surface area contributed by atoms with Crippen molar-refractivity contribution < 1.29 is 14.6 Å². The van der Waals surface area contributed by atoms with Crippen molar-refractivity contribution in [1.29, 1.82) is 0 Å². The zero-order valence-electron chi connectivity index (χ0n) is 10.8. The number of ether oxygens (including phenoxy) is 1. The van der Waals surface area contributed by atoms with Gasteiger partial charge in [-0.3, -0.25) is 9.69 Å². The van der Waals surface area contributed by atoms with Gasteiger partial charge in [0.05, 0.1) is 13.5 Å². The molecule has 100 valence electrons. The normalized spacial score (nSPS) is 12.5. The number of hydrogen-bond acceptors (Lipinski definition) is 3. The van der Waals surface area contributed by atoms with Crippen LogP contribution in [0, 0.1) is 0 Å². The molecule has 18 heavy (non-hydrogen) atoms. The van der Waals surface area contributed by atoms with E-state index in [0.717, 1.165) is 15.8 Å². The molecule has 1 atom stereocenters. The van der Waals surface area contributed by atoms with Crippen LogP contribution >= 0.6 is 15.9 Å². The number of carboxylic acids is 1. The molecule has 5 heteroatoms. The van der Waals surface area contributed by atoms with E-state index in [4.69, 9.17) is 9.84 Å². The third-order valence-corrected chi connectivity index (χ3v) is 3.38. The molecule has 1 rings (SSSR count). The van der Waals surface area contributed by atoms with Gasteiger partial charge in [0.2, 0.25) is 0 Å². The average molecular weight is 316 g/mol. The summed E-state index contributed by atoms with van der Waals surface area (Å²) in [4.78, 5) is 12.7. The van der Waals surface area contributed by atoms with E-state index in [9.17, 15) is 4.79 Å². The van der Waals surface area contributed by atoms with Crippen molar-refractivity contribution in [2.75, 3.05) is 14.2 Å². The molecule has 0 spiro atoms. The van der Waals surface area contributed by atoms with Crippen LogP contribution in [-0.4, -0.2) is 36.2 Å². The Kier molecular flexibility index (Phi) is 5.62. The third kappa shape index (κ3) is 4.31. The van der Waals surface area contributed by atoms with E-state index in [1.807, 2.05) is 37.1 Å². The minimum Gasteiger partial charge on any atom is -0.496 e. The van der Waals surface area contributed by atoms with Gasteiger partial charge in [0, 0.05) is 22.6 Å². The van der Waals surface area contributed by atoms with Crippen LogP contribution in [0.15, 0.2) is 22.7 Å². The van der Waals surface area contributed by atoms with E-state index in [-0.39, 0.29) is 12.5 Å². The second-order valence-corrected chi connectivity index (χ2v) is 5.23. The van der Waals surface area contributed by atoms with Crippen molar-refractivity contribution in [3.05, 3.63) is 28.2 Å². The summed E-state index contributed by atoms with van der Waals surface area (Å²) < 4.78 is 6.28. The molecule has 0 saturated heterocycles. The maximum atomic E-state index is 10.7. The van der Waals surface area contributed by atoms with Crippen LogP contribution in [0.4, 0.5) is 0 Å². The number of methoxy groups -OCH3 is 1. The Morgan fingerprint density at radius 1 is 1.56 bits per heavy atom. The van der Waals surface area contributed by atoms with Gasteiger partial charge in [0.1, 0.15) is 5.75 Å². The summed E-state index contributed by atoms with van der Waals surface area (Å²) in [6, 6.07) is 5.78. The van der Waals surface area contributed by atoms with Crippen LogP contribution in [0.3, 0.4) is 0 Å². The van der Waals surface area contributed by atoms with Gasteiger partial charge in [-0.05, 0) is 32.2 Å². The van der Waals surface area contributed by atoms with E-state index in [2.05, 4.69) is 15.9 Å². The minimum atomic E-state index is -0.782. The Balaban J connectivity index is 2.77. The first kappa shape index (κ1) is 15.0. The van der Waals surface area contributed by atoms with Gasteiger partial charge in [0.15, 0.2) is 0 Å². The summed E-state index contributed by atoms with van der Waals surface area (Å²) >= 11 is 3.42. The van der Waals surface area contributed by atoms with Gasteiger partial charge in [0.25, 0.3) is 0 Å². The lowest BCUT2D eigenvalue weighted by Crippen LogP contribution is -2.30. The second-order valence-electron chi connectivity index (χ2n) is 4.32. The molecule has 4 nitrogen and oxygen atoms in total. The predicted molar refractivity (Wildman–Crippen MR) is 73.9 cm³/mol. The van der Waals surface area contributed by atoms with E-state index < -0.39 is 5.97 Å². The smallest absolute Gasteiger partial charge is 0.304 e. The molecule has 0 bridgehead atoms. The van der Waals surface area contributed by atoms with E-state index >= 15 is 0 Å².